The molecule has 1 aliphatic heterocycles. The van der Waals surface area contributed by atoms with Crippen LogP contribution < -0.4 is 5.32 Å². The van der Waals surface area contributed by atoms with Gasteiger partial charge in [0.25, 0.3) is 5.91 Å². The maximum absolute atomic E-state index is 13.3. The Hall–Kier alpha value is -2.34. The Morgan fingerprint density at radius 1 is 1.30 bits per heavy atom. The normalized spacial score (nSPS) is 23.0. The van der Waals surface area contributed by atoms with Crippen LogP contribution in [0.5, 0.6) is 0 Å². The number of hydrogen-bond donors (Lipinski definition) is 1. The van der Waals surface area contributed by atoms with Crippen LogP contribution in [0.3, 0.4) is 0 Å². The first-order valence-corrected chi connectivity index (χ1v) is 9.75. The van der Waals surface area contributed by atoms with Crippen LogP contribution in [0.15, 0.2) is 30.3 Å². The number of rotatable bonds is 5. The van der Waals surface area contributed by atoms with E-state index in [0.29, 0.717) is 25.4 Å². The van der Waals surface area contributed by atoms with Gasteiger partial charge < -0.3 is 19.5 Å². The molecule has 6 heteroatoms. The van der Waals surface area contributed by atoms with Gasteiger partial charge in [-0.1, -0.05) is 31.0 Å². The summed E-state index contributed by atoms with van der Waals surface area (Å²) in [7, 11) is 1.61. The van der Waals surface area contributed by atoms with E-state index in [4.69, 9.17) is 4.74 Å². The summed E-state index contributed by atoms with van der Waals surface area (Å²) < 4.78 is 7.21. The van der Waals surface area contributed by atoms with E-state index in [1.165, 1.54) is 0 Å². The Morgan fingerprint density at radius 3 is 2.78 bits per heavy atom. The molecule has 2 aliphatic rings. The second-order valence-electron chi connectivity index (χ2n) is 7.85. The molecule has 4 rings (SSSR count). The fourth-order valence-electron chi connectivity index (χ4n) is 4.45. The largest absolute Gasteiger partial charge is 0.383 e. The standard InChI is InChI=1S/C21H27N3O3/c1-21(20(26)22-16-8-4-5-9-16)14-23-17-10-6-3-7-15(17)13-18(23)19(25)24(21)11-12-27-2/h3,6-7,10,13,16H,4-5,8-9,11-12,14H2,1-2H3,(H,22,26)/t21-/m0/s1. The zero-order valence-electron chi connectivity index (χ0n) is 16.0. The van der Waals surface area contributed by atoms with Crippen LogP contribution in [0.1, 0.15) is 43.1 Å². The topological polar surface area (TPSA) is 63.6 Å². The molecule has 1 N–H and O–H groups in total. The summed E-state index contributed by atoms with van der Waals surface area (Å²) in [5.74, 6) is -0.180. The first kappa shape index (κ1) is 18.0. The molecule has 0 unspecified atom stereocenters. The van der Waals surface area contributed by atoms with Gasteiger partial charge in [0.15, 0.2) is 0 Å². The van der Waals surface area contributed by atoms with Crippen LogP contribution in [0.4, 0.5) is 0 Å². The summed E-state index contributed by atoms with van der Waals surface area (Å²) in [6, 6.07) is 10.1. The molecule has 1 saturated carbocycles. The predicted octanol–water partition coefficient (Wildman–Crippen LogP) is 2.56. The van der Waals surface area contributed by atoms with Crippen LogP contribution in [-0.2, 0) is 16.1 Å². The van der Waals surface area contributed by atoms with E-state index in [9.17, 15) is 9.59 Å². The number of methoxy groups -OCH3 is 1. The summed E-state index contributed by atoms with van der Waals surface area (Å²) in [6.07, 6.45) is 4.35. The number of fused-ring (bicyclic) bond motifs is 3. The van der Waals surface area contributed by atoms with Gasteiger partial charge in [-0.05, 0) is 31.9 Å². The van der Waals surface area contributed by atoms with Crippen molar-refractivity contribution in [1.29, 1.82) is 0 Å². The van der Waals surface area contributed by atoms with Gasteiger partial charge in [-0.2, -0.15) is 0 Å². The molecular formula is C21H27N3O3. The summed E-state index contributed by atoms with van der Waals surface area (Å²) in [5, 5.41) is 4.22. The van der Waals surface area contributed by atoms with Crippen LogP contribution >= 0.6 is 0 Å². The number of benzene rings is 1. The molecule has 0 radical (unpaired) electrons. The smallest absolute Gasteiger partial charge is 0.271 e. The Labute approximate surface area is 159 Å². The van der Waals surface area contributed by atoms with Crippen molar-refractivity contribution >= 4 is 22.7 Å². The Balaban J connectivity index is 1.73. The van der Waals surface area contributed by atoms with Gasteiger partial charge >= 0.3 is 0 Å². The van der Waals surface area contributed by atoms with E-state index in [2.05, 4.69) is 5.32 Å². The molecule has 0 spiro atoms. The monoisotopic (exact) mass is 369 g/mol. The lowest BCUT2D eigenvalue weighted by Gasteiger charge is -2.44. The van der Waals surface area contributed by atoms with Crippen LogP contribution in [0.25, 0.3) is 10.9 Å². The molecule has 0 bridgehead atoms. The summed E-state index contributed by atoms with van der Waals surface area (Å²) in [4.78, 5) is 28.3. The minimum absolute atomic E-state index is 0.0673. The van der Waals surface area contributed by atoms with E-state index >= 15 is 0 Å². The molecule has 27 heavy (non-hydrogen) atoms. The predicted molar refractivity (Wildman–Crippen MR) is 104 cm³/mol. The van der Waals surface area contributed by atoms with Gasteiger partial charge in [0, 0.05) is 30.6 Å². The average molecular weight is 369 g/mol. The number of amides is 2. The number of carbonyl (C=O) groups excluding carboxylic acids is 2. The maximum atomic E-state index is 13.3. The molecule has 0 saturated heterocycles. The number of carbonyl (C=O) groups is 2. The Morgan fingerprint density at radius 2 is 2.04 bits per heavy atom. The minimum Gasteiger partial charge on any atom is -0.383 e. The average Bonchev–Trinajstić information content (AvgIpc) is 3.29. The fraction of sp³-hybridized carbons (Fsp3) is 0.524. The molecule has 1 aromatic heterocycles. The molecule has 2 amide bonds. The number of para-hydroxylation sites is 1. The van der Waals surface area contributed by atoms with E-state index in [1.807, 2.05) is 41.8 Å². The lowest BCUT2D eigenvalue weighted by molar-refractivity contribution is -0.133. The van der Waals surface area contributed by atoms with Crippen LogP contribution in [0, 0.1) is 0 Å². The van der Waals surface area contributed by atoms with E-state index in [1.54, 1.807) is 12.0 Å². The lowest BCUT2D eigenvalue weighted by Crippen LogP contribution is -2.65. The summed E-state index contributed by atoms with van der Waals surface area (Å²) >= 11 is 0. The maximum Gasteiger partial charge on any atom is 0.271 e. The van der Waals surface area contributed by atoms with Crippen molar-refractivity contribution in [3.05, 3.63) is 36.0 Å². The van der Waals surface area contributed by atoms with Gasteiger partial charge in [-0.15, -0.1) is 0 Å². The summed E-state index contributed by atoms with van der Waals surface area (Å²) in [6.45, 7) is 3.12. The van der Waals surface area contributed by atoms with Gasteiger partial charge in [0.05, 0.1) is 13.2 Å². The zero-order chi connectivity index (χ0) is 19.0. The third kappa shape index (κ3) is 3.02. The van der Waals surface area contributed by atoms with Gasteiger partial charge in [0.1, 0.15) is 11.2 Å². The SMILES string of the molecule is COCCN1C(=O)c2cc3ccccc3n2C[C@@]1(C)C(=O)NC1CCCC1. The first-order valence-electron chi connectivity index (χ1n) is 9.75. The highest BCUT2D eigenvalue weighted by atomic mass is 16.5. The molecule has 2 aromatic rings. The van der Waals surface area contributed by atoms with Crippen LogP contribution in [-0.4, -0.2) is 53.1 Å². The van der Waals surface area contributed by atoms with Crippen molar-refractivity contribution in [3.63, 3.8) is 0 Å². The number of nitrogens with one attached hydrogen (secondary N) is 1. The zero-order valence-corrected chi connectivity index (χ0v) is 16.0. The van der Waals surface area contributed by atoms with Gasteiger partial charge in [-0.25, -0.2) is 0 Å². The van der Waals surface area contributed by atoms with E-state index in [-0.39, 0.29) is 17.9 Å². The van der Waals surface area contributed by atoms with Gasteiger partial charge in [0.2, 0.25) is 5.91 Å². The third-order valence-electron chi connectivity index (χ3n) is 6.04. The van der Waals surface area contributed by atoms with Crippen molar-refractivity contribution in [2.24, 2.45) is 0 Å². The van der Waals surface area contributed by atoms with Crippen LogP contribution in [0.2, 0.25) is 0 Å². The molecule has 144 valence electrons. The number of nitrogens with zero attached hydrogens (tertiary/aromatic N) is 2. The second-order valence-corrected chi connectivity index (χ2v) is 7.85. The van der Waals surface area contributed by atoms with Crippen molar-refractivity contribution in [3.8, 4) is 0 Å². The lowest BCUT2D eigenvalue weighted by atomic mass is 9.94. The number of aromatic nitrogens is 1. The minimum atomic E-state index is -0.938. The Kier molecular flexibility index (Phi) is 4.68. The Bertz CT molecular complexity index is 869. The van der Waals surface area contributed by atoms with Crippen molar-refractivity contribution in [1.82, 2.24) is 14.8 Å². The molecule has 6 nitrogen and oxygen atoms in total. The van der Waals surface area contributed by atoms with Crippen molar-refractivity contribution < 1.29 is 14.3 Å². The highest BCUT2D eigenvalue weighted by Gasteiger charge is 2.47. The quantitative estimate of drug-likeness (QED) is 0.881. The van der Waals surface area contributed by atoms with Gasteiger partial charge in [-0.3, -0.25) is 9.59 Å². The highest BCUT2D eigenvalue weighted by molar-refractivity contribution is 6.03. The highest BCUT2D eigenvalue weighted by Crippen LogP contribution is 2.32. The van der Waals surface area contributed by atoms with Crippen molar-refractivity contribution in [2.45, 2.75) is 50.7 Å². The van der Waals surface area contributed by atoms with E-state index in [0.717, 1.165) is 36.6 Å². The molecule has 1 aromatic carbocycles. The molecule has 1 atom stereocenters. The van der Waals surface area contributed by atoms with Crippen molar-refractivity contribution in [2.75, 3.05) is 20.3 Å². The summed E-state index contributed by atoms with van der Waals surface area (Å²) in [5.41, 5.74) is 0.693. The second kappa shape index (κ2) is 7.00. The molecule has 1 fully saturated rings. The number of hydrogen-bond acceptors (Lipinski definition) is 3. The fourth-order valence-corrected chi connectivity index (χ4v) is 4.45. The third-order valence-corrected chi connectivity index (χ3v) is 6.04. The molecule has 2 heterocycles. The molecular weight excluding hydrogens is 342 g/mol. The number of ether oxygens (including phenoxy) is 1. The first-order chi connectivity index (χ1) is 13.0. The van der Waals surface area contributed by atoms with E-state index < -0.39 is 5.54 Å². The molecule has 1 aliphatic carbocycles.